The Morgan fingerprint density at radius 1 is 1.03 bits per heavy atom. The molecular weight excluding hydrogens is 428 g/mol. The fourth-order valence-electron chi connectivity index (χ4n) is 5.77. The second-order valence-corrected chi connectivity index (χ2v) is 10.6. The maximum atomic E-state index is 13.5. The molecule has 1 aromatic rings. The lowest BCUT2D eigenvalue weighted by Crippen LogP contribution is -2.58. The SMILES string of the molecule is CC(=O)N1CCC(N(C(=O)c2cccc(C)c2)C2CC2)C[C@@H]1C(=O)NCC1CCC(CN)CC1. The summed E-state index contributed by atoms with van der Waals surface area (Å²) in [6.45, 7) is 5.42. The number of nitrogens with two attached hydrogens (primary N) is 1. The Morgan fingerprint density at radius 2 is 1.74 bits per heavy atom. The molecule has 34 heavy (non-hydrogen) atoms. The Hall–Kier alpha value is -2.41. The van der Waals surface area contributed by atoms with Crippen molar-refractivity contribution in [2.24, 2.45) is 17.6 Å². The number of hydrogen-bond acceptors (Lipinski definition) is 4. The van der Waals surface area contributed by atoms with E-state index in [9.17, 15) is 14.4 Å². The molecule has 1 heterocycles. The first-order valence-electron chi connectivity index (χ1n) is 13.0. The number of hydrogen-bond donors (Lipinski definition) is 2. The van der Waals surface area contributed by atoms with E-state index in [1.165, 1.54) is 6.92 Å². The summed E-state index contributed by atoms with van der Waals surface area (Å²) in [5.74, 6) is 0.967. The van der Waals surface area contributed by atoms with Crippen LogP contribution >= 0.6 is 0 Å². The molecule has 186 valence electrons. The van der Waals surface area contributed by atoms with Gasteiger partial charge in [0.1, 0.15) is 6.04 Å². The molecule has 2 saturated carbocycles. The summed E-state index contributed by atoms with van der Waals surface area (Å²) in [5, 5.41) is 3.14. The number of piperidine rings is 1. The number of carbonyl (C=O) groups is 3. The molecule has 3 fully saturated rings. The summed E-state index contributed by atoms with van der Waals surface area (Å²) in [5.41, 5.74) is 7.57. The van der Waals surface area contributed by atoms with Crippen molar-refractivity contribution in [3.05, 3.63) is 35.4 Å². The van der Waals surface area contributed by atoms with Crippen molar-refractivity contribution in [2.75, 3.05) is 19.6 Å². The number of amides is 3. The topological polar surface area (TPSA) is 95.7 Å². The molecule has 1 aromatic carbocycles. The minimum Gasteiger partial charge on any atom is -0.354 e. The zero-order chi connectivity index (χ0) is 24.2. The monoisotopic (exact) mass is 468 g/mol. The van der Waals surface area contributed by atoms with Gasteiger partial charge in [-0.3, -0.25) is 14.4 Å². The number of rotatable bonds is 7. The maximum Gasteiger partial charge on any atom is 0.254 e. The van der Waals surface area contributed by atoms with E-state index in [1.54, 1.807) is 4.90 Å². The van der Waals surface area contributed by atoms with Gasteiger partial charge in [0.15, 0.2) is 0 Å². The number of benzene rings is 1. The van der Waals surface area contributed by atoms with Crippen LogP contribution in [-0.2, 0) is 9.59 Å². The summed E-state index contributed by atoms with van der Waals surface area (Å²) >= 11 is 0. The van der Waals surface area contributed by atoms with Gasteiger partial charge in [-0.1, -0.05) is 17.7 Å². The van der Waals surface area contributed by atoms with E-state index >= 15 is 0 Å². The molecule has 1 unspecified atom stereocenters. The first-order valence-corrected chi connectivity index (χ1v) is 13.0. The van der Waals surface area contributed by atoms with Crippen LogP contribution in [0.4, 0.5) is 0 Å². The molecular formula is C27H40N4O3. The van der Waals surface area contributed by atoms with Crippen molar-refractivity contribution in [3.8, 4) is 0 Å². The predicted molar refractivity (Wildman–Crippen MR) is 132 cm³/mol. The highest BCUT2D eigenvalue weighted by molar-refractivity contribution is 5.95. The number of likely N-dealkylation sites (tertiary alicyclic amines) is 1. The van der Waals surface area contributed by atoms with E-state index in [0.29, 0.717) is 43.3 Å². The molecule has 0 aromatic heterocycles. The molecule has 2 aliphatic carbocycles. The third-order valence-electron chi connectivity index (χ3n) is 7.98. The van der Waals surface area contributed by atoms with E-state index in [4.69, 9.17) is 5.73 Å². The Kier molecular flexibility index (Phi) is 7.91. The van der Waals surface area contributed by atoms with E-state index in [2.05, 4.69) is 5.32 Å². The molecule has 1 aliphatic heterocycles. The molecule has 7 heteroatoms. The lowest BCUT2D eigenvalue weighted by atomic mass is 9.82. The van der Waals surface area contributed by atoms with Crippen molar-refractivity contribution < 1.29 is 14.4 Å². The van der Waals surface area contributed by atoms with Crippen molar-refractivity contribution in [1.29, 1.82) is 0 Å². The molecule has 3 aliphatic rings. The summed E-state index contributed by atoms with van der Waals surface area (Å²) < 4.78 is 0. The number of carbonyl (C=O) groups excluding carboxylic acids is 3. The van der Waals surface area contributed by atoms with Gasteiger partial charge in [0.05, 0.1) is 0 Å². The first-order chi connectivity index (χ1) is 16.4. The van der Waals surface area contributed by atoms with E-state index < -0.39 is 6.04 Å². The van der Waals surface area contributed by atoms with Crippen LogP contribution in [0.25, 0.3) is 0 Å². The molecule has 2 atom stereocenters. The summed E-state index contributed by atoms with van der Waals surface area (Å²) in [6, 6.07) is 7.40. The zero-order valence-corrected chi connectivity index (χ0v) is 20.7. The molecule has 4 rings (SSSR count). The van der Waals surface area contributed by atoms with Crippen LogP contribution in [0.2, 0.25) is 0 Å². The van der Waals surface area contributed by atoms with Crippen molar-refractivity contribution in [1.82, 2.24) is 15.1 Å². The Morgan fingerprint density at radius 3 is 2.35 bits per heavy atom. The van der Waals surface area contributed by atoms with Gasteiger partial charge in [-0.05, 0) is 88.8 Å². The fraction of sp³-hybridized carbons (Fsp3) is 0.667. The molecule has 3 N–H and O–H groups in total. The van der Waals surface area contributed by atoms with Crippen LogP contribution in [-0.4, -0.2) is 65.3 Å². The minimum absolute atomic E-state index is 0.0353. The van der Waals surface area contributed by atoms with Gasteiger partial charge in [0.2, 0.25) is 11.8 Å². The maximum absolute atomic E-state index is 13.5. The number of aryl methyl sites for hydroxylation is 1. The van der Waals surface area contributed by atoms with Crippen molar-refractivity contribution in [3.63, 3.8) is 0 Å². The van der Waals surface area contributed by atoms with Crippen LogP contribution in [0.3, 0.4) is 0 Å². The highest BCUT2D eigenvalue weighted by Crippen LogP contribution is 2.35. The van der Waals surface area contributed by atoms with E-state index in [0.717, 1.165) is 50.6 Å². The third-order valence-corrected chi connectivity index (χ3v) is 7.98. The van der Waals surface area contributed by atoms with Gasteiger partial charge >= 0.3 is 0 Å². The molecule has 0 radical (unpaired) electrons. The summed E-state index contributed by atoms with van der Waals surface area (Å²) in [7, 11) is 0. The standard InChI is InChI=1S/C27H40N4O3/c1-18-4-3-5-22(14-18)27(34)31(23-10-11-23)24-12-13-30(19(2)32)25(15-24)26(33)29-17-21-8-6-20(16-28)7-9-21/h3-5,14,20-21,23-25H,6-13,15-17,28H2,1-2H3,(H,29,33)/t20?,21?,24?,25-/m1/s1. The molecule has 3 amide bonds. The summed E-state index contributed by atoms with van der Waals surface area (Å²) in [4.78, 5) is 42.8. The van der Waals surface area contributed by atoms with Crippen molar-refractivity contribution in [2.45, 2.75) is 83.3 Å². The number of nitrogens with zero attached hydrogens (tertiary/aromatic N) is 2. The van der Waals surface area contributed by atoms with Crippen LogP contribution in [0, 0.1) is 18.8 Å². The Labute approximate surface area is 203 Å². The Bertz CT molecular complexity index is 892. The second kappa shape index (κ2) is 10.9. The smallest absolute Gasteiger partial charge is 0.254 e. The van der Waals surface area contributed by atoms with Gasteiger partial charge in [-0.15, -0.1) is 0 Å². The van der Waals surface area contributed by atoms with Crippen LogP contribution in [0.1, 0.15) is 74.2 Å². The minimum atomic E-state index is -0.525. The van der Waals surface area contributed by atoms with E-state index in [1.807, 2.05) is 36.1 Å². The second-order valence-electron chi connectivity index (χ2n) is 10.6. The highest BCUT2D eigenvalue weighted by atomic mass is 16.2. The predicted octanol–water partition coefficient (Wildman–Crippen LogP) is 2.86. The van der Waals surface area contributed by atoms with Gasteiger partial charge in [-0.25, -0.2) is 0 Å². The van der Waals surface area contributed by atoms with Crippen LogP contribution < -0.4 is 11.1 Å². The van der Waals surface area contributed by atoms with Gasteiger partial charge in [0.25, 0.3) is 5.91 Å². The molecule has 0 spiro atoms. The van der Waals surface area contributed by atoms with Crippen LogP contribution in [0.5, 0.6) is 0 Å². The third kappa shape index (κ3) is 5.80. The average Bonchev–Trinajstić information content (AvgIpc) is 3.68. The highest BCUT2D eigenvalue weighted by Gasteiger charge is 2.43. The van der Waals surface area contributed by atoms with E-state index in [-0.39, 0.29) is 29.8 Å². The molecule has 1 saturated heterocycles. The normalized spacial score (nSPS) is 27.2. The Balaban J connectivity index is 1.43. The molecule has 0 bridgehead atoms. The van der Waals surface area contributed by atoms with Gasteiger partial charge < -0.3 is 20.9 Å². The molecule has 7 nitrogen and oxygen atoms in total. The largest absolute Gasteiger partial charge is 0.354 e. The van der Waals surface area contributed by atoms with Gasteiger partial charge in [0, 0.05) is 37.7 Å². The van der Waals surface area contributed by atoms with Gasteiger partial charge in [-0.2, -0.15) is 0 Å². The number of nitrogens with one attached hydrogen (secondary N) is 1. The quantitative estimate of drug-likeness (QED) is 0.643. The summed E-state index contributed by atoms with van der Waals surface area (Å²) in [6.07, 6.45) is 7.65. The first kappa shape index (κ1) is 24.7. The lowest BCUT2D eigenvalue weighted by molar-refractivity contribution is -0.142. The van der Waals surface area contributed by atoms with Crippen LogP contribution in [0.15, 0.2) is 24.3 Å². The lowest BCUT2D eigenvalue weighted by Gasteiger charge is -2.43. The van der Waals surface area contributed by atoms with Crippen molar-refractivity contribution >= 4 is 17.7 Å². The average molecular weight is 469 g/mol. The fourth-order valence-corrected chi connectivity index (χ4v) is 5.77. The zero-order valence-electron chi connectivity index (χ0n) is 20.7.